The third kappa shape index (κ3) is 3.42. The molecule has 1 saturated heterocycles. The molecule has 0 radical (unpaired) electrons. The number of halogens is 2. The fourth-order valence-electron chi connectivity index (χ4n) is 3.70. The van der Waals surface area contributed by atoms with E-state index < -0.39 is 23.4 Å². The lowest BCUT2D eigenvalue weighted by atomic mass is 10.0. The molecule has 2 heterocycles. The molecule has 0 saturated carbocycles. The maximum Gasteiger partial charge on any atom is 0.282 e. The number of rotatable bonds is 3. The summed E-state index contributed by atoms with van der Waals surface area (Å²) < 4.78 is 27.8. The Balaban J connectivity index is 1.82. The summed E-state index contributed by atoms with van der Waals surface area (Å²) in [5.41, 5.74) is 1.91. The number of hydrogen-bond acceptors (Lipinski definition) is 4. The Kier molecular flexibility index (Phi) is 4.92. The summed E-state index contributed by atoms with van der Waals surface area (Å²) in [5.74, 6) is -2.90. The molecule has 1 fully saturated rings. The first-order valence-electron chi connectivity index (χ1n) is 9.45. The van der Waals surface area contributed by atoms with Crippen molar-refractivity contribution in [3.05, 3.63) is 70.9 Å². The van der Waals surface area contributed by atoms with Gasteiger partial charge in [0.25, 0.3) is 11.8 Å². The third-order valence-electron chi connectivity index (χ3n) is 5.37. The van der Waals surface area contributed by atoms with Crippen LogP contribution in [0.1, 0.15) is 11.1 Å². The Morgan fingerprint density at radius 2 is 1.52 bits per heavy atom. The van der Waals surface area contributed by atoms with Crippen molar-refractivity contribution in [2.75, 3.05) is 38.1 Å². The van der Waals surface area contributed by atoms with Gasteiger partial charge in [0.2, 0.25) is 0 Å². The Morgan fingerprint density at radius 1 is 0.862 bits per heavy atom. The monoisotopic (exact) mass is 397 g/mol. The van der Waals surface area contributed by atoms with Crippen molar-refractivity contribution in [1.82, 2.24) is 9.80 Å². The highest BCUT2D eigenvalue weighted by molar-refractivity contribution is 6.45. The van der Waals surface area contributed by atoms with Crippen molar-refractivity contribution < 1.29 is 18.4 Å². The predicted octanol–water partition coefficient (Wildman–Crippen LogP) is 2.81. The minimum atomic E-state index is -0.949. The first-order chi connectivity index (χ1) is 13.9. The Hall–Kier alpha value is -3.06. The number of anilines is 1. The second kappa shape index (κ2) is 7.40. The normalized spacial score (nSPS) is 18.2. The fourth-order valence-corrected chi connectivity index (χ4v) is 3.70. The molecule has 7 heteroatoms. The maximum atomic E-state index is 14.4. The van der Waals surface area contributed by atoms with Crippen LogP contribution in [0.4, 0.5) is 14.5 Å². The summed E-state index contributed by atoms with van der Waals surface area (Å²) in [6.07, 6.45) is 0. The van der Waals surface area contributed by atoms with E-state index in [0.717, 1.165) is 35.7 Å². The molecule has 0 aromatic heterocycles. The molecule has 0 unspecified atom stereocenters. The fraction of sp³-hybridized carbons (Fsp3) is 0.273. The second-order valence-corrected chi connectivity index (χ2v) is 7.42. The van der Waals surface area contributed by atoms with Crippen molar-refractivity contribution in [2.24, 2.45) is 0 Å². The highest BCUT2D eigenvalue weighted by atomic mass is 19.1. The number of likely N-dealkylation sites (N-methyl/N-ethyl adjacent to an activating group) is 1. The van der Waals surface area contributed by atoms with Crippen molar-refractivity contribution >= 4 is 23.1 Å². The molecule has 29 heavy (non-hydrogen) atoms. The maximum absolute atomic E-state index is 14.4. The Labute approximate surface area is 167 Å². The summed E-state index contributed by atoms with van der Waals surface area (Å²) in [4.78, 5) is 31.5. The van der Waals surface area contributed by atoms with Gasteiger partial charge in [-0.15, -0.1) is 0 Å². The molecule has 2 aromatic carbocycles. The van der Waals surface area contributed by atoms with E-state index in [4.69, 9.17) is 0 Å². The average molecular weight is 397 g/mol. The van der Waals surface area contributed by atoms with Crippen molar-refractivity contribution in [2.45, 2.75) is 6.92 Å². The lowest BCUT2D eigenvalue weighted by Gasteiger charge is -2.34. The summed E-state index contributed by atoms with van der Waals surface area (Å²) in [6.45, 7) is 4.59. The van der Waals surface area contributed by atoms with E-state index in [1.54, 1.807) is 12.1 Å². The van der Waals surface area contributed by atoms with Crippen molar-refractivity contribution in [3.8, 4) is 0 Å². The van der Waals surface area contributed by atoms with Gasteiger partial charge in [-0.1, -0.05) is 29.8 Å². The molecule has 2 aliphatic heterocycles. The minimum Gasteiger partial charge on any atom is -0.364 e. The number of amides is 2. The molecule has 5 nitrogen and oxygen atoms in total. The number of imide groups is 1. The summed E-state index contributed by atoms with van der Waals surface area (Å²) in [5, 5.41) is 0. The van der Waals surface area contributed by atoms with Gasteiger partial charge >= 0.3 is 0 Å². The lowest BCUT2D eigenvalue weighted by molar-refractivity contribution is -0.120. The van der Waals surface area contributed by atoms with Crippen LogP contribution in [-0.4, -0.2) is 54.8 Å². The molecule has 0 bridgehead atoms. The Bertz CT molecular complexity index is 1010. The zero-order valence-electron chi connectivity index (χ0n) is 16.3. The molecular formula is C22H21F2N3O2. The van der Waals surface area contributed by atoms with Gasteiger partial charge in [0.15, 0.2) is 0 Å². The second-order valence-electron chi connectivity index (χ2n) is 7.42. The average Bonchev–Trinajstić information content (AvgIpc) is 2.94. The lowest BCUT2D eigenvalue weighted by Crippen LogP contribution is -2.46. The molecule has 2 aromatic rings. The van der Waals surface area contributed by atoms with Gasteiger partial charge in [-0.2, -0.15) is 0 Å². The quantitative estimate of drug-likeness (QED) is 0.748. The first kappa shape index (κ1) is 19.3. The minimum absolute atomic E-state index is 0.241. The van der Waals surface area contributed by atoms with Crippen molar-refractivity contribution in [3.63, 3.8) is 0 Å². The predicted molar refractivity (Wildman–Crippen MR) is 106 cm³/mol. The van der Waals surface area contributed by atoms with Gasteiger partial charge in [0, 0.05) is 32.2 Å². The third-order valence-corrected chi connectivity index (χ3v) is 5.37. The molecule has 0 aliphatic carbocycles. The van der Waals surface area contributed by atoms with Crippen LogP contribution in [0.2, 0.25) is 0 Å². The number of nitrogens with zero attached hydrogens (tertiary/aromatic N) is 3. The molecule has 0 atom stereocenters. The number of benzene rings is 2. The molecule has 2 aliphatic rings. The van der Waals surface area contributed by atoms with E-state index in [0.29, 0.717) is 24.7 Å². The molecule has 2 amide bonds. The van der Waals surface area contributed by atoms with Crippen LogP contribution >= 0.6 is 0 Å². The highest BCUT2D eigenvalue weighted by Crippen LogP contribution is 2.36. The topological polar surface area (TPSA) is 43.9 Å². The van der Waals surface area contributed by atoms with E-state index in [9.17, 15) is 18.4 Å². The number of hydrogen-bond donors (Lipinski definition) is 0. The standard InChI is InChI=1S/C22H21F2N3O2/c1-14-3-5-15(6-4-14)19-20(26-11-9-25(2)10-12-26)22(29)27(21(19)28)18-8-7-16(23)13-17(18)24/h3-8,13H,9-12H2,1-2H3. The van der Waals surface area contributed by atoms with E-state index in [1.807, 2.05) is 31.0 Å². The van der Waals surface area contributed by atoms with Gasteiger partial charge in [-0.3, -0.25) is 9.59 Å². The van der Waals surface area contributed by atoms with Gasteiger partial charge in [-0.05, 0) is 31.7 Å². The van der Waals surface area contributed by atoms with E-state index >= 15 is 0 Å². The van der Waals surface area contributed by atoms with E-state index in [1.165, 1.54) is 0 Å². The Morgan fingerprint density at radius 3 is 2.14 bits per heavy atom. The highest BCUT2D eigenvalue weighted by Gasteiger charge is 2.43. The smallest absolute Gasteiger partial charge is 0.282 e. The summed E-state index contributed by atoms with van der Waals surface area (Å²) in [7, 11) is 1.99. The number of carbonyl (C=O) groups is 2. The number of piperazine rings is 1. The molecule has 0 spiro atoms. The van der Waals surface area contributed by atoms with Gasteiger partial charge in [0.1, 0.15) is 17.3 Å². The SMILES string of the molecule is Cc1ccc(C2=C(N3CCN(C)CC3)C(=O)N(c3ccc(F)cc3F)C2=O)cc1. The van der Waals surface area contributed by atoms with Crippen LogP contribution in [-0.2, 0) is 9.59 Å². The first-order valence-corrected chi connectivity index (χ1v) is 9.45. The summed E-state index contributed by atoms with van der Waals surface area (Å²) in [6, 6.07) is 10.1. The summed E-state index contributed by atoms with van der Waals surface area (Å²) >= 11 is 0. The zero-order chi connectivity index (χ0) is 20.7. The molecular weight excluding hydrogens is 376 g/mol. The van der Waals surface area contributed by atoms with Crippen LogP contribution in [0, 0.1) is 18.6 Å². The molecule has 4 rings (SSSR count). The molecule has 0 N–H and O–H groups in total. The van der Waals surface area contributed by atoms with Gasteiger partial charge < -0.3 is 9.80 Å². The van der Waals surface area contributed by atoms with Crippen LogP contribution in [0.15, 0.2) is 48.2 Å². The van der Waals surface area contributed by atoms with E-state index in [2.05, 4.69) is 4.90 Å². The van der Waals surface area contributed by atoms with Crippen LogP contribution in [0.5, 0.6) is 0 Å². The van der Waals surface area contributed by atoms with Gasteiger partial charge in [-0.25, -0.2) is 13.7 Å². The number of carbonyl (C=O) groups excluding carboxylic acids is 2. The largest absolute Gasteiger partial charge is 0.364 e. The van der Waals surface area contributed by atoms with Crippen LogP contribution in [0.3, 0.4) is 0 Å². The van der Waals surface area contributed by atoms with Crippen LogP contribution in [0.25, 0.3) is 5.57 Å². The van der Waals surface area contributed by atoms with E-state index in [-0.39, 0.29) is 17.0 Å². The number of aryl methyl sites for hydroxylation is 1. The van der Waals surface area contributed by atoms with Crippen molar-refractivity contribution in [1.29, 1.82) is 0 Å². The van der Waals surface area contributed by atoms with Crippen LogP contribution < -0.4 is 4.90 Å². The van der Waals surface area contributed by atoms with Gasteiger partial charge in [0.05, 0.1) is 11.3 Å². The molecule has 150 valence electrons. The zero-order valence-corrected chi connectivity index (χ0v) is 16.3.